The second kappa shape index (κ2) is 9.25. The molecule has 0 spiro atoms. The predicted octanol–water partition coefficient (Wildman–Crippen LogP) is 2.11. The monoisotopic (exact) mass is 453 g/mol. The van der Waals surface area contributed by atoms with E-state index in [1.54, 1.807) is 23.5 Å². The second-order valence-electron chi connectivity index (χ2n) is 8.88. The summed E-state index contributed by atoms with van der Waals surface area (Å²) in [5.74, 6) is -0.212. The molecule has 1 aromatic heterocycles. The fourth-order valence-electron chi connectivity index (χ4n) is 4.77. The molecule has 1 aliphatic carbocycles. The molecule has 2 N–H and O–H groups in total. The summed E-state index contributed by atoms with van der Waals surface area (Å²) < 4.78 is 6.78. The van der Waals surface area contributed by atoms with Gasteiger partial charge in [0.1, 0.15) is 17.0 Å². The summed E-state index contributed by atoms with van der Waals surface area (Å²) >= 11 is 0. The van der Waals surface area contributed by atoms with Crippen LogP contribution in [0.2, 0.25) is 0 Å². The largest absolute Gasteiger partial charge is 0.497 e. The van der Waals surface area contributed by atoms with E-state index in [4.69, 9.17) is 4.74 Å². The van der Waals surface area contributed by atoms with E-state index in [-0.39, 0.29) is 35.8 Å². The number of imidazole rings is 1. The number of amides is 3. The van der Waals surface area contributed by atoms with Gasteiger partial charge >= 0.3 is 0 Å². The van der Waals surface area contributed by atoms with Crippen molar-refractivity contribution in [1.29, 1.82) is 0 Å². The number of nitrogens with one attached hydrogen (secondary N) is 2. The van der Waals surface area contributed by atoms with Crippen molar-refractivity contribution in [3.05, 3.63) is 47.5 Å². The van der Waals surface area contributed by atoms with Crippen molar-refractivity contribution in [2.75, 3.05) is 13.7 Å². The summed E-state index contributed by atoms with van der Waals surface area (Å²) in [5, 5.41) is 5.95. The SMILES string of the molecule is CCN1C(=O)c2c(C(=O)NCc3ccc(OC)cc3)ncn2CC1(C)C(=O)NC1CCCC1. The molecule has 176 valence electrons. The van der Waals surface area contributed by atoms with E-state index in [9.17, 15) is 14.4 Å². The van der Waals surface area contributed by atoms with Gasteiger partial charge in [-0.3, -0.25) is 14.4 Å². The second-order valence-corrected chi connectivity index (χ2v) is 8.88. The van der Waals surface area contributed by atoms with Gasteiger partial charge in [0.05, 0.1) is 20.0 Å². The Bertz CT molecular complexity index is 1040. The van der Waals surface area contributed by atoms with Gasteiger partial charge in [-0.05, 0) is 44.4 Å². The number of methoxy groups -OCH3 is 1. The first-order chi connectivity index (χ1) is 15.9. The number of hydrogen-bond donors (Lipinski definition) is 2. The van der Waals surface area contributed by atoms with Crippen molar-refractivity contribution in [2.45, 2.75) is 64.2 Å². The molecule has 9 nitrogen and oxygen atoms in total. The van der Waals surface area contributed by atoms with Crippen LogP contribution in [-0.4, -0.2) is 57.4 Å². The topological polar surface area (TPSA) is 106 Å². The lowest BCUT2D eigenvalue weighted by Gasteiger charge is -2.43. The van der Waals surface area contributed by atoms with Gasteiger partial charge in [-0.15, -0.1) is 0 Å². The molecular formula is C24H31N5O4. The molecular weight excluding hydrogens is 422 g/mol. The Morgan fingerprint density at radius 2 is 1.91 bits per heavy atom. The van der Waals surface area contributed by atoms with Gasteiger partial charge in [-0.25, -0.2) is 4.98 Å². The van der Waals surface area contributed by atoms with E-state index in [0.29, 0.717) is 13.1 Å². The Kier molecular flexibility index (Phi) is 6.40. The van der Waals surface area contributed by atoms with Gasteiger partial charge in [-0.1, -0.05) is 25.0 Å². The van der Waals surface area contributed by atoms with Gasteiger partial charge < -0.3 is 24.8 Å². The average Bonchev–Trinajstić information content (AvgIpc) is 3.48. The zero-order chi connectivity index (χ0) is 23.6. The third-order valence-electron chi connectivity index (χ3n) is 6.68. The number of nitrogens with zero attached hydrogens (tertiary/aromatic N) is 3. The minimum atomic E-state index is -1.04. The molecule has 0 saturated heterocycles. The molecule has 1 atom stereocenters. The highest BCUT2D eigenvalue weighted by atomic mass is 16.5. The molecule has 2 aromatic rings. The van der Waals surface area contributed by atoms with Crippen molar-refractivity contribution < 1.29 is 19.1 Å². The maximum Gasteiger partial charge on any atom is 0.273 e. The van der Waals surface area contributed by atoms with Crippen LogP contribution in [0.25, 0.3) is 0 Å². The van der Waals surface area contributed by atoms with Gasteiger partial charge in [-0.2, -0.15) is 0 Å². The first-order valence-electron chi connectivity index (χ1n) is 11.5. The van der Waals surface area contributed by atoms with Crippen LogP contribution in [0, 0.1) is 0 Å². The first kappa shape index (κ1) is 22.8. The number of carbonyl (C=O) groups is 3. The number of carbonyl (C=O) groups excluding carboxylic acids is 3. The van der Waals surface area contributed by atoms with Crippen molar-refractivity contribution >= 4 is 17.7 Å². The Balaban J connectivity index is 1.51. The molecule has 3 amide bonds. The highest BCUT2D eigenvalue weighted by Gasteiger charge is 2.48. The lowest BCUT2D eigenvalue weighted by atomic mass is 9.94. The Hall–Kier alpha value is -3.36. The van der Waals surface area contributed by atoms with Crippen molar-refractivity contribution in [3.63, 3.8) is 0 Å². The van der Waals surface area contributed by atoms with E-state index in [1.807, 2.05) is 31.2 Å². The summed E-state index contributed by atoms with van der Waals surface area (Å²) in [6.45, 7) is 4.52. The molecule has 1 aliphatic heterocycles. The van der Waals surface area contributed by atoms with Crippen LogP contribution in [0.1, 0.15) is 66.1 Å². The minimum absolute atomic E-state index is 0.0743. The van der Waals surface area contributed by atoms with Crippen molar-refractivity contribution in [3.8, 4) is 5.75 Å². The lowest BCUT2D eigenvalue weighted by molar-refractivity contribution is -0.133. The Morgan fingerprint density at radius 1 is 1.21 bits per heavy atom. The molecule has 4 rings (SSSR count). The fourth-order valence-corrected chi connectivity index (χ4v) is 4.77. The molecule has 2 aliphatic rings. The van der Waals surface area contributed by atoms with Gasteiger partial charge in [0.2, 0.25) is 5.91 Å². The molecule has 33 heavy (non-hydrogen) atoms. The van der Waals surface area contributed by atoms with Crippen molar-refractivity contribution in [2.24, 2.45) is 0 Å². The normalized spacial score (nSPS) is 20.5. The molecule has 1 fully saturated rings. The number of ether oxygens (including phenoxy) is 1. The highest BCUT2D eigenvalue weighted by molar-refractivity contribution is 6.07. The summed E-state index contributed by atoms with van der Waals surface area (Å²) in [5.41, 5.74) is 0.147. The maximum absolute atomic E-state index is 13.4. The van der Waals surface area contributed by atoms with Crippen LogP contribution >= 0.6 is 0 Å². The Labute approximate surface area is 193 Å². The molecule has 9 heteroatoms. The first-order valence-corrected chi connectivity index (χ1v) is 11.5. The number of benzene rings is 1. The van der Waals surface area contributed by atoms with Crippen LogP contribution in [0.4, 0.5) is 0 Å². The minimum Gasteiger partial charge on any atom is -0.497 e. The summed E-state index contributed by atoms with van der Waals surface area (Å²) in [4.78, 5) is 45.3. The number of fused-ring (bicyclic) bond motifs is 1. The van der Waals surface area contributed by atoms with Crippen molar-refractivity contribution in [1.82, 2.24) is 25.1 Å². The summed E-state index contributed by atoms with van der Waals surface area (Å²) in [7, 11) is 1.60. The van der Waals surface area contributed by atoms with Gasteiger partial charge in [0, 0.05) is 19.1 Å². The quantitative estimate of drug-likeness (QED) is 0.668. The molecule has 1 aromatic carbocycles. The van der Waals surface area contributed by atoms with Gasteiger partial charge in [0.15, 0.2) is 5.69 Å². The van der Waals surface area contributed by atoms with Gasteiger partial charge in [0.25, 0.3) is 11.8 Å². The number of aromatic nitrogens is 2. The lowest BCUT2D eigenvalue weighted by Crippen LogP contribution is -2.64. The van der Waals surface area contributed by atoms with Crippen LogP contribution < -0.4 is 15.4 Å². The maximum atomic E-state index is 13.4. The van der Waals surface area contributed by atoms with E-state index in [2.05, 4.69) is 15.6 Å². The van der Waals surface area contributed by atoms with E-state index >= 15 is 0 Å². The number of rotatable bonds is 7. The standard InChI is InChI=1S/C24H31N5O4/c1-4-29-22(31)20-19(21(30)25-13-16-9-11-18(33-3)12-10-16)26-15-28(20)14-24(29,2)23(32)27-17-7-5-6-8-17/h9-12,15,17H,4-8,13-14H2,1-3H3,(H,25,30)(H,27,32). The fraction of sp³-hybridized carbons (Fsp3) is 0.500. The zero-order valence-corrected chi connectivity index (χ0v) is 19.4. The van der Waals surface area contributed by atoms with E-state index in [1.165, 1.54) is 6.33 Å². The van der Waals surface area contributed by atoms with E-state index in [0.717, 1.165) is 37.0 Å². The van der Waals surface area contributed by atoms with Crippen LogP contribution in [0.5, 0.6) is 5.75 Å². The molecule has 1 unspecified atom stereocenters. The van der Waals surface area contributed by atoms with Crippen LogP contribution in [0.3, 0.4) is 0 Å². The summed E-state index contributed by atoms with van der Waals surface area (Å²) in [6, 6.07) is 7.52. The molecule has 1 saturated carbocycles. The number of hydrogen-bond acceptors (Lipinski definition) is 5. The molecule has 0 radical (unpaired) electrons. The van der Waals surface area contributed by atoms with Crippen LogP contribution in [0.15, 0.2) is 30.6 Å². The zero-order valence-electron chi connectivity index (χ0n) is 19.4. The molecule has 2 heterocycles. The highest BCUT2D eigenvalue weighted by Crippen LogP contribution is 2.29. The van der Waals surface area contributed by atoms with Crippen LogP contribution in [-0.2, 0) is 17.9 Å². The summed E-state index contributed by atoms with van der Waals surface area (Å²) in [6.07, 6.45) is 5.63. The van der Waals surface area contributed by atoms with E-state index < -0.39 is 11.4 Å². The predicted molar refractivity (Wildman–Crippen MR) is 122 cm³/mol. The average molecular weight is 454 g/mol. The Morgan fingerprint density at radius 3 is 2.55 bits per heavy atom. The third-order valence-corrected chi connectivity index (χ3v) is 6.68. The smallest absolute Gasteiger partial charge is 0.273 e. The molecule has 0 bridgehead atoms. The third kappa shape index (κ3) is 4.31. The number of likely N-dealkylation sites (N-methyl/N-ethyl adjacent to an activating group) is 1.